The molecule has 33 heavy (non-hydrogen) atoms. The van der Waals surface area contributed by atoms with Gasteiger partial charge < -0.3 is 9.69 Å². The number of nitrogens with zero attached hydrogens (tertiary/aromatic N) is 1. The van der Waals surface area contributed by atoms with Crippen LogP contribution >= 0.6 is 0 Å². The van der Waals surface area contributed by atoms with Crippen molar-refractivity contribution in [3.63, 3.8) is 0 Å². The second kappa shape index (κ2) is 10.7. The van der Waals surface area contributed by atoms with Crippen molar-refractivity contribution in [3.8, 4) is 0 Å². The maximum Gasteiger partial charge on any atom is 0.166 e. The molecule has 2 atom stereocenters. The molecule has 0 amide bonds. The van der Waals surface area contributed by atoms with Crippen molar-refractivity contribution in [2.24, 2.45) is 11.8 Å². The molecular weight excluding hydrogens is 406 g/mol. The molecule has 178 valence electrons. The van der Waals surface area contributed by atoms with E-state index in [1.807, 2.05) is 6.07 Å². The molecule has 0 aliphatic heterocycles. The number of Topliss-reactive ketones (excluding diaryl/α,β-unsaturated/α-hetero) is 2. The molecule has 0 spiro atoms. The topological polar surface area (TPSA) is 37.4 Å². The summed E-state index contributed by atoms with van der Waals surface area (Å²) in [5, 5.41) is 0. The minimum Gasteiger partial charge on any atom is -0.380 e. The zero-order valence-electron chi connectivity index (χ0n) is 21.5. The minimum absolute atomic E-state index is 0.0420. The van der Waals surface area contributed by atoms with Crippen LogP contribution in [-0.2, 0) is 11.2 Å². The van der Waals surface area contributed by atoms with Crippen LogP contribution in [-0.4, -0.2) is 30.6 Å². The van der Waals surface area contributed by atoms with Crippen molar-refractivity contribution in [2.45, 2.75) is 79.1 Å². The average Bonchev–Trinajstić information content (AvgIpc) is 2.77. The normalized spacial score (nSPS) is 20.5. The number of rotatable bonds is 5. The Morgan fingerprint density at radius 2 is 1.85 bits per heavy atom. The van der Waals surface area contributed by atoms with Gasteiger partial charge >= 0.3 is 0 Å². The molecule has 0 bridgehead atoms. The van der Waals surface area contributed by atoms with E-state index in [0.29, 0.717) is 6.42 Å². The molecule has 0 saturated heterocycles. The summed E-state index contributed by atoms with van der Waals surface area (Å²) >= 11 is 0. The summed E-state index contributed by atoms with van der Waals surface area (Å²) in [5.41, 5.74) is 9.82. The molecule has 3 nitrogen and oxygen atoms in total. The zero-order valence-corrected chi connectivity index (χ0v) is 21.5. The van der Waals surface area contributed by atoms with E-state index in [1.54, 1.807) is 6.92 Å². The fraction of sp³-hybridized carbons (Fsp3) is 0.533. The van der Waals surface area contributed by atoms with Crippen LogP contribution in [0.25, 0.3) is 0 Å². The summed E-state index contributed by atoms with van der Waals surface area (Å²) in [7, 11) is 4.22. The number of benzene rings is 1. The number of fused-ring (bicyclic) bond motifs is 1. The van der Waals surface area contributed by atoms with Gasteiger partial charge in [0.2, 0.25) is 0 Å². The Kier molecular flexibility index (Phi) is 8.15. The molecule has 0 aromatic heterocycles. The van der Waals surface area contributed by atoms with E-state index >= 15 is 0 Å². The van der Waals surface area contributed by atoms with Crippen LogP contribution in [0.5, 0.6) is 0 Å². The first kappa shape index (κ1) is 25.2. The minimum atomic E-state index is -0.0420. The van der Waals surface area contributed by atoms with Crippen LogP contribution in [0.1, 0.15) is 87.2 Å². The maximum absolute atomic E-state index is 13.5. The third-order valence-corrected chi connectivity index (χ3v) is 7.38. The Balaban J connectivity index is 2.04. The molecule has 0 N–H and O–H groups in total. The van der Waals surface area contributed by atoms with Crippen molar-refractivity contribution in [3.05, 3.63) is 69.5 Å². The molecule has 0 fully saturated rings. The predicted octanol–water partition coefficient (Wildman–Crippen LogP) is 7.01. The second-order valence-electron chi connectivity index (χ2n) is 10.5. The van der Waals surface area contributed by atoms with E-state index in [0.717, 1.165) is 56.1 Å². The fourth-order valence-electron chi connectivity index (χ4n) is 5.57. The number of carbonyl (C=O) groups is 2. The number of aryl methyl sites for hydroxylation is 2. The Morgan fingerprint density at radius 1 is 1.15 bits per heavy atom. The van der Waals surface area contributed by atoms with Gasteiger partial charge in [-0.1, -0.05) is 49.8 Å². The summed E-state index contributed by atoms with van der Waals surface area (Å²) in [6.07, 6.45) is 7.40. The lowest BCUT2D eigenvalue weighted by molar-refractivity contribution is -0.117. The summed E-state index contributed by atoms with van der Waals surface area (Å²) < 4.78 is 0. The van der Waals surface area contributed by atoms with Gasteiger partial charge in [-0.15, -0.1) is 0 Å². The van der Waals surface area contributed by atoms with Crippen LogP contribution in [0.15, 0.2) is 52.8 Å². The van der Waals surface area contributed by atoms with Crippen molar-refractivity contribution in [1.82, 2.24) is 4.90 Å². The van der Waals surface area contributed by atoms with Crippen molar-refractivity contribution < 1.29 is 9.59 Å². The monoisotopic (exact) mass is 447 g/mol. The Bertz CT molecular complexity index is 1010. The molecular formula is C30H41NO2. The number of hydrogen-bond acceptors (Lipinski definition) is 3. The quantitative estimate of drug-likeness (QED) is 0.487. The third-order valence-electron chi connectivity index (χ3n) is 7.38. The highest BCUT2D eigenvalue weighted by Gasteiger charge is 2.29. The molecule has 3 heteroatoms. The lowest BCUT2D eigenvalue weighted by Crippen LogP contribution is -2.22. The standard InChI is InChI=1S/C30H41NO2/c1-19-12-14-27-24(16-19)10-8-9-11-26-25(18-21(3)30(27)33)13-15-28(31(6)7)29(26)23(5)20(2)17-22(4)32/h12,14,16,20-21H,5,8-11,13,15,17-18H2,1-4,6-7H3. The Morgan fingerprint density at radius 3 is 2.52 bits per heavy atom. The van der Waals surface area contributed by atoms with Crippen molar-refractivity contribution >= 4 is 11.6 Å². The molecule has 3 rings (SSSR count). The van der Waals surface area contributed by atoms with E-state index in [1.165, 1.54) is 33.5 Å². The predicted molar refractivity (Wildman–Crippen MR) is 137 cm³/mol. The van der Waals surface area contributed by atoms with Gasteiger partial charge in [-0.2, -0.15) is 0 Å². The lowest BCUT2D eigenvalue weighted by Gasteiger charge is -2.33. The SMILES string of the molecule is C=C(C1=C(N(C)C)CCC2=C1CCCCc1cc(C)ccc1C(=O)C(C)C2)C(C)CC(C)=O. The van der Waals surface area contributed by atoms with E-state index in [4.69, 9.17) is 0 Å². The number of hydrogen-bond donors (Lipinski definition) is 0. The molecule has 2 aliphatic rings. The largest absolute Gasteiger partial charge is 0.380 e. The van der Waals surface area contributed by atoms with Crippen LogP contribution < -0.4 is 0 Å². The summed E-state index contributed by atoms with van der Waals surface area (Å²) in [5.74, 6) is 0.547. The lowest BCUT2D eigenvalue weighted by atomic mass is 9.76. The van der Waals surface area contributed by atoms with E-state index in [2.05, 4.69) is 58.5 Å². The first-order chi connectivity index (χ1) is 15.6. The number of carbonyl (C=O) groups excluding carboxylic acids is 2. The van der Waals surface area contributed by atoms with Crippen molar-refractivity contribution in [2.75, 3.05) is 14.1 Å². The molecule has 2 unspecified atom stereocenters. The molecule has 0 saturated carbocycles. The maximum atomic E-state index is 13.5. The van der Waals surface area contributed by atoms with Crippen LogP contribution in [0.2, 0.25) is 0 Å². The van der Waals surface area contributed by atoms with E-state index in [-0.39, 0.29) is 23.4 Å². The van der Waals surface area contributed by atoms with Gasteiger partial charge in [0, 0.05) is 37.7 Å². The Labute approximate surface area is 200 Å². The third kappa shape index (κ3) is 5.75. The fourth-order valence-corrected chi connectivity index (χ4v) is 5.57. The molecule has 1 aromatic rings. The summed E-state index contributed by atoms with van der Waals surface area (Å²) in [6, 6.07) is 6.31. The Hall–Kier alpha value is -2.42. The zero-order chi connectivity index (χ0) is 24.3. The summed E-state index contributed by atoms with van der Waals surface area (Å²) in [4.78, 5) is 27.6. The first-order valence-corrected chi connectivity index (χ1v) is 12.5. The molecule has 1 aromatic carbocycles. The van der Waals surface area contributed by atoms with Gasteiger partial charge in [0.1, 0.15) is 5.78 Å². The second-order valence-corrected chi connectivity index (χ2v) is 10.5. The van der Waals surface area contributed by atoms with Gasteiger partial charge in [0.05, 0.1) is 0 Å². The van der Waals surface area contributed by atoms with Gasteiger partial charge in [-0.3, -0.25) is 4.79 Å². The average molecular weight is 448 g/mol. The van der Waals surface area contributed by atoms with Crippen LogP contribution in [0, 0.1) is 18.8 Å². The highest BCUT2D eigenvalue weighted by molar-refractivity contribution is 5.99. The first-order valence-electron chi connectivity index (χ1n) is 12.5. The smallest absolute Gasteiger partial charge is 0.166 e. The van der Waals surface area contributed by atoms with Crippen molar-refractivity contribution in [1.29, 1.82) is 0 Å². The van der Waals surface area contributed by atoms with E-state index in [9.17, 15) is 9.59 Å². The number of ketones is 2. The molecule has 0 radical (unpaired) electrons. The van der Waals surface area contributed by atoms with Crippen LogP contribution in [0.4, 0.5) is 0 Å². The van der Waals surface area contributed by atoms with Gasteiger partial charge in [0.15, 0.2) is 5.78 Å². The van der Waals surface area contributed by atoms with Gasteiger partial charge in [0.25, 0.3) is 0 Å². The molecule has 2 aliphatic carbocycles. The highest BCUT2D eigenvalue weighted by Crippen LogP contribution is 2.43. The van der Waals surface area contributed by atoms with Gasteiger partial charge in [-0.05, 0) is 87.0 Å². The van der Waals surface area contributed by atoms with E-state index < -0.39 is 0 Å². The van der Waals surface area contributed by atoms with Crippen LogP contribution in [0.3, 0.4) is 0 Å². The molecule has 0 heterocycles. The van der Waals surface area contributed by atoms with Gasteiger partial charge in [-0.25, -0.2) is 0 Å². The highest BCUT2D eigenvalue weighted by atomic mass is 16.1. The summed E-state index contributed by atoms with van der Waals surface area (Å²) in [6.45, 7) is 12.5. The number of allylic oxidation sites excluding steroid dienone is 5.